The van der Waals surface area contributed by atoms with Crippen molar-refractivity contribution in [2.75, 3.05) is 25.5 Å². The first-order valence-corrected chi connectivity index (χ1v) is 12.8. The number of oxazole rings is 1. The van der Waals surface area contributed by atoms with Gasteiger partial charge in [0.1, 0.15) is 12.0 Å². The largest absolute Gasteiger partial charge is 0.442 e. The Labute approximate surface area is 213 Å². The van der Waals surface area contributed by atoms with E-state index in [1.807, 2.05) is 42.3 Å². The number of rotatable bonds is 10. The van der Waals surface area contributed by atoms with Gasteiger partial charge in [-0.3, -0.25) is 9.59 Å². The number of nitrogens with one attached hydrogen (secondary N) is 1. The number of aliphatic hydroxyl groups excluding tert-OH is 1. The monoisotopic (exact) mass is 491 g/mol. The highest BCUT2D eigenvalue weighted by Crippen LogP contribution is 2.21. The number of aromatic nitrogens is 1. The number of hydrogen-bond acceptors (Lipinski definition) is 6. The minimum Gasteiger partial charge on any atom is -0.442 e. The second kappa shape index (κ2) is 15.0. The Morgan fingerprint density at radius 3 is 2.28 bits per heavy atom. The molecule has 0 spiro atoms. The van der Waals surface area contributed by atoms with Crippen LogP contribution in [0.15, 0.2) is 65.2 Å². The molecule has 36 heavy (non-hydrogen) atoms. The van der Waals surface area contributed by atoms with Crippen molar-refractivity contribution in [3.8, 4) is 0 Å². The second-order valence-corrected chi connectivity index (χ2v) is 9.19. The van der Waals surface area contributed by atoms with Gasteiger partial charge in [0.05, 0.1) is 6.20 Å². The topological polar surface area (TPSA) is 95.7 Å². The van der Waals surface area contributed by atoms with Gasteiger partial charge in [-0.05, 0) is 36.9 Å². The Morgan fingerprint density at radius 2 is 1.67 bits per heavy atom. The molecule has 3 aromatic rings. The number of amides is 1. The molecule has 192 valence electrons. The minimum atomic E-state index is -0.887. The van der Waals surface area contributed by atoms with Crippen molar-refractivity contribution >= 4 is 17.9 Å². The van der Waals surface area contributed by atoms with E-state index in [-0.39, 0.29) is 11.8 Å². The molecule has 0 radical (unpaired) electrons. The number of carbonyl (C=O) groups excluding carboxylic acids is 2. The lowest BCUT2D eigenvalue weighted by molar-refractivity contribution is -0.116. The van der Waals surface area contributed by atoms with Gasteiger partial charge in [-0.15, -0.1) is 0 Å². The van der Waals surface area contributed by atoms with Gasteiger partial charge in [0, 0.05) is 37.2 Å². The van der Waals surface area contributed by atoms with Gasteiger partial charge >= 0.3 is 0 Å². The van der Waals surface area contributed by atoms with Crippen molar-refractivity contribution in [1.29, 1.82) is 0 Å². The Hall–Kier alpha value is -3.29. The summed E-state index contributed by atoms with van der Waals surface area (Å²) in [5.41, 5.74) is 1.97. The van der Waals surface area contributed by atoms with Crippen LogP contribution < -0.4 is 5.32 Å². The highest BCUT2D eigenvalue weighted by atomic mass is 16.4. The van der Waals surface area contributed by atoms with Gasteiger partial charge in [0.15, 0.2) is 6.10 Å². The Morgan fingerprint density at radius 1 is 1.03 bits per heavy atom. The maximum atomic E-state index is 12.1. The van der Waals surface area contributed by atoms with Gasteiger partial charge in [-0.25, -0.2) is 4.98 Å². The fourth-order valence-corrected chi connectivity index (χ4v) is 3.98. The number of anilines is 1. The summed E-state index contributed by atoms with van der Waals surface area (Å²) in [5, 5.41) is 13.2. The molecule has 0 bridgehead atoms. The van der Waals surface area contributed by atoms with E-state index in [9.17, 15) is 14.7 Å². The van der Waals surface area contributed by atoms with Crippen molar-refractivity contribution in [3.05, 3.63) is 83.6 Å². The SMILES string of the molecule is C1CCCCC1.CN(CCC(=O)Nc1ccc(C=O)cc1)CCc1cnc(C(O)c2ccccc2)o1. The van der Waals surface area contributed by atoms with Gasteiger partial charge < -0.3 is 19.7 Å². The molecular weight excluding hydrogens is 454 g/mol. The number of benzene rings is 2. The Bertz CT molecular complexity index is 1030. The van der Waals surface area contributed by atoms with Gasteiger partial charge in [0.2, 0.25) is 11.8 Å². The zero-order valence-electron chi connectivity index (χ0n) is 21.1. The van der Waals surface area contributed by atoms with E-state index in [2.05, 4.69) is 10.3 Å². The molecule has 1 heterocycles. The molecule has 1 amide bonds. The number of likely N-dealkylation sites (N-methyl/N-ethyl adjacent to an activating group) is 1. The van der Waals surface area contributed by atoms with E-state index in [4.69, 9.17) is 4.42 Å². The predicted octanol–water partition coefficient (Wildman–Crippen LogP) is 5.41. The molecule has 7 heteroatoms. The maximum absolute atomic E-state index is 12.1. The fourth-order valence-electron chi connectivity index (χ4n) is 3.98. The highest BCUT2D eigenvalue weighted by Gasteiger charge is 2.16. The average Bonchev–Trinajstić information content (AvgIpc) is 3.42. The molecule has 1 aliphatic carbocycles. The van der Waals surface area contributed by atoms with E-state index in [1.165, 1.54) is 38.5 Å². The standard InChI is InChI=1S/C23H25N3O4.C6H12/c1-26(14-12-21(28)25-19-9-7-17(16-27)8-10-19)13-11-20-15-24-23(30-20)22(29)18-5-3-2-4-6-18;1-2-4-6-5-3-1/h2-10,15-16,22,29H,11-14H2,1H3,(H,25,28);1-6H2. The summed E-state index contributed by atoms with van der Waals surface area (Å²) in [4.78, 5) is 29.0. The van der Waals surface area contributed by atoms with Crippen LogP contribution in [0, 0.1) is 0 Å². The van der Waals surface area contributed by atoms with Crippen LogP contribution in [0.25, 0.3) is 0 Å². The van der Waals surface area contributed by atoms with E-state index in [0.29, 0.717) is 42.9 Å². The summed E-state index contributed by atoms with van der Waals surface area (Å²) in [7, 11) is 1.93. The zero-order chi connectivity index (χ0) is 25.6. The fraction of sp³-hybridized carbons (Fsp3) is 0.414. The quantitative estimate of drug-likeness (QED) is 0.368. The molecule has 1 fully saturated rings. The van der Waals surface area contributed by atoms with Crippen molar-refractivity contribution < 1.29 is 19.1 Å². The first-order valence-electron chi connectivity index (χ1n) is 12.8. The molecule has 0 aliphatic heterocycles. The number of aliphatic hydroxyl groups is 1. The number of hydrogen-bond donors (Lipinski definition) is 2. The molecular formula is C29H37N3O4. The molecule has 1 atom stereocenters. The summed E-state index contributed by atoms with van der Waals surface area (Å²) in [6, 6.07) is 16.0. The summed E-state index contributed by atoms with van der Waals surface area (Å²) in [6.07, 6.45) is 11.5. The van der Waals surface area contributed by atoms with Crippen LogP contribution in [0.3, 0.4) is 0 Å². The van der Waals surface area contributed by atoms with E-state index >= 15 is 0 Å². The first kappa shape index (κ1) is 27.3. The van der Waals surface area contributed by atoms with Crippen LogP contribution in [0.1, 0.15) is 78.6 Å². The molecule has 2 aromatic carbocycles. The molecule has 1 unspecified atom stereocenters. The van der Waals surface area contributed by atoms with Crippen LogP contribution >= 0.6 is 0 Å². The summed E-state index contributed by atoms with van der Waals surface area (Å²) in [6.45, 7) is 1.28. The van der Waals surface area contributed by atoms with Crippen LogP contribution in [-0.2, 0) is 11.2 Å². The number of nitrogens with zero attached hydrogens (tertiary/aromatic N) is 2. The highest BCUT2D eigenvalue weighted by molar-refractivity contribution is 5.91. The smallest absolute Gasteiger partial charge is 0.227 e. The summed E-state index contributed by atoms with van der Waals surface area (Å²) in [5.74, 6) is 0.874. The molecule has 2 N–H and O–H groups in total. The van der Waals surface area contributed by atoms with Crippen molar-refractivity contribution in [2.24, 2.45) is 0 Å². The lowest BCUT2D eigenvalue weighted by atomic mass is 10.0. The third kappa shape index (κ3) is 9.40. The third-order valence-corrected chi connectivity index (χ3v) is 6.21. The van der Waals surface area contributed by atoms with Gasteiger partial charge in [-0.1, -0.05) is 68.9 Å². The lowest BCUT2D eigenvalue weighted by Gasteiger charge is -2.15. The van der Waals surface area contributed by atoms with Crippen LogP contribution in [0.5, 0.6) is 0 Å². The molecule has 1 aliphatic rings. The van der Waals surface area contributed by atoms with E-state index < -0.39 is 6.10 Å². The lowest BCUT2D eigenvalue weighted by Crippen LogP contribution is -2.26. The zero-order valence-corrected chi connectivity index (χ0v) is 21.1. The van der Waals surface area contributed by atoms with Crippen LogP contribution in [0.4, 0.5) is 5.69 Å². The van der Waals surface area contributed by atoms with E-state index in [1.54, 1.807) is 30.5 Å². The normalized spacial score (nSPS) is 14.0. The predicted molar refractivity (Wildman–Crippen MR) is 141 cm³/mol. The van der Waals surface area contributed by atoms with Crippen molar-refractivity contribution in [3.63, 3.8) is 0 Å². The first-order chi connectivity index (χ1) is 17.5. The number of carbonyl (C=O) groups is 2. The second-order valence-electron chi connectivity index (χ2n) is 9.19. The molecule has 0 saturated heterocycles. The van der Waals surface area contributed by atoms with Crippen molar-refractivity contribution in [1.82, 2.24) is 9.88 Å². The maximum Gasteiger partial charge on any atom is 0.227 e. The van der Waals surface area contributed by atoms with Crippen LogP contribution in [-0.4, -0.2) is 47.3 Å². The van der Waals surface area contributed by atoms with Gasteiger partial charge in [0.25, 0.3) is 0 Å². The third-order valence-electron chi connectivity index (χ3n) is 6.21. The van der Waals surface area contributed by atoms with Crippen molar-refractivity contribution in [2.45, 2.75) is 57.5 Å². The van der Waals surface area contributed by atoms with Gasteiger partial charge in [-0.2, -0.15) is 0 Å². The Balaban J connectivity index is 0.000000526. The molecule has 1 saturated carbocycles. The minimum absolute atomic E-state index is 0.0892. The molecule has 4 rings (SSSR count). The average molecular weight is 492 g/mol. The Kier molecular flexibility index (Phi) is 11.3. The van der Waals surface area contributed by atoms with Crippen LogP contribution in [0.2, 0.25) is 0 Å². The van der Waals surface area contributed by atoms with E-state index in [0.717, 1.165) is 11.8 Å². The molecule has 1 aromatic heterocycles. The molecule has 7 nitrogen and oxygen atoms in total. The summed E-state index contributed by atoms with van der Waals surface area (Å²) >= 11 is 0. The number of aldehydes is 1. The summed E-state index contributed by atoms with van der Waals surface area (Å²) < 4.78 is 5.68.